The van der Waals surface area contributed by atoms with Crippen LogP contribution in [0.4, 0.5) is 0 Å². The quantitative estimate of drug-likeness (QED) is 0.660. The molecule has 0 amide bonds. The topological polar surface area (TPSA) is 24.5 Å². The molecule has 1 saturated heterocycles. The molecule has 1 heterocycles. The number of hydrogen-bond acceptors (Lipinski definition) is 3. The average Bonchev–Trinajstić information content (AvgIpc) is 2.91. The van der Waals surface area contributed by atoms with Gasteiger partial charge in [-0.2, -0.15) is 0 Å². The van der Waals surface area contributed by atoms with Crippen molar-refractivity contribution < 1.29 is 4.74 Å². The van der Waals surface area contributed by atoms with Crippen LogP contribution in [-0.2, 0) is 4.74 Å². The van der Waals surface area contributed by atoms with Crippen LogP contribution in [0.2, 0.25) is 0 Å². The molecule has 0 bridgehead atoms. The van der Waals surface area contributed by atoms with Gasteiger partial charge in [-0.05, 0) is 38.8 Å². The highest BCUT2D eigenvalue weighted by molar-refractivity contribution is 4.85. The van der Waals surface area contributed by atoms with Crippen molar-refractivity contribution in [3.05, 3.63) is 0 Å². The van der Waals surface area contributed by atoms with E-state index in [-0.39, 0.29) is 0 Å². The number of likely N-dealkylation sites (N-methyl/N-ethyl adjacent to an activating group) is 2. The maximum atomic E-state index is 5.82. The van der Waals surface area contributed by atoms with Gasteiger partial charge in [-0.1, -0.05) is 34.1 Å². The monoisotopic (exact) mass is 270 g/mol. The van der Waals surface area contributed by atoms with E-state index in [2.05, 4.69) is 37.9 Å². The van der Waals surface area contributed by atoms with Crippen LogP contribution >= 0.6 is 0 Å². The van der Waals surface area contributed by atoms with Crippen molar-refractivity contribution in [2.75, 3.05) is 26.2 Å². The minimum atomic E-state index is 0.470. The lowest BCUT2D eigenvalue weighted by Gasteiger charge is -2.37. The first-order chi connectivity index (χ1) is 9.26. The molecule has 0 spiro atoms. The summed E-state index contributed by atoms with van der Waals surface area (Å²) in [6, 6.07) is 1.27. The van der Waals surface area contributed by atoms with E-state index in [4.69, 9.17) is 4.74 Å². The van der Waals surface area contributed by atoms with Crippen molar-refractivity contribution in [2.45, 2.75) is 78.0 Å². The fourth-order valence-electron chi connectivity index (χ4n) is 3.35. The smallest absolute Gasteiger partial charge is 0.0702 e. The van der Waals surface area contributed by atoms with Gasteiger partial charge in [-0.3, -0.25) is 4.90 Å². The molecule has 0 radical (unpaired) electrons. The summed E-state index contributed by atoms with van der Waals surface area (Å²) in [5.41, 5.74) is 0. The predicted octanol–water partition coefficient (Wildman–Crippen LogP) is 3.04. The number of hydrogen-bond donors (Lipinski definition) is 1. The molecule has 3 heteroatoms. The Morgan fingerprint density at radius 2 is 2.05 bits per heavy atom. The second kappa shape index (κ2) is 9.73. The van der Waals surface area contributed by atoms with Gasteiger partial charge in [-0.25, -0.2) is 0 Å². The van der Waals surface area contributed by atoms with Gasteiger partial charge < -0.3 is 10.1 Å². The Balaban J connectivity index is 2.59. The highest BCUT2D eigenvalue weighted by Gasteiger charge is 2.27. The highest BCUT2D eigenvalue weighted by atomic mass is 16.5. The van der Waals surface area contributed by atoms with E-state index in [0.717, 1.165) is 26.2 Å². The third-order valence-electron chi connectivity index (χ3n) is 4.29. The molecule has 1 N–H and O–H groups in total. The summed E-state index contributed by atoms with van der Waals surface area (Å²) in [7, 11) is 0. The zero-order valence-electron chi connectivity index (χ0n) is 13.5. The van der Waals surface area contributed by atoms with Crippen LogP contribution in [-0.4, -0.2) is 49.3 Å². The summed E-state index contributed by atoms with van der Waals surface area (Å²) in [4.78, 5) is 2.64. The first-order valence-corrected chi connectivity index (χ1v) is 8.35. The number of rotatable bonds is 10. The third-order valence-corrected chi connectivity index (χ3v) is 4.29. The molecular formula is C16H34N2O. The number of nitrogens with one attached hydrogen (secondary N) is 1. The van der Waals surface area contributed by atoms with Gasteiger partial charge in [0.25, 0.3) is 0 Å². The lowest BCUT2D eigenvalue weighted by Crippen LogP contribution is -2.51. The molecule has 0 aromatic rings. The molecule has 0 aromatic carbocycles. The lowest BCUT2D eigenvalue weighted by molar-refractivity contribution is 0.0487. The van der Waals surface area contributed by atoms with Crippen molar-refractivity contribution in [1.29, 1.82) is 0 Å². The van der Waals surface area contributed by atoms with Crippen molar-refractivity contribution in [3.8, 4) is 0 Å². The molecular weight excluding hydrogens is 236 g/mol. The van der Waals surface area contributed by atoms with E-state index in [1.807, 2.05) is 0 Å². The summed E-state index contributed by atoms with van der Waals surface area (Å²) >= 11 is 0. The Labute approximate surface area is 120 Å². The minimum absolute atomic E-state index is 0.470. The van der Waals surface area contributed by atoms with Gasteiger partial charge in [0, 0.05) is 25.2 Å². The fraction of sp³-hybridized carbons (Fsp3) is 1.00. The molecule has 0 aliphatic carbocycles. The van der Waals surface area contributed by atoms with E-state index in [1.165, 1.54) is 32.1 Å². The van der Waals surface area contributed by atoms with Gasteiger partial charge in [0.2, 0.25) is 0 Å². The Bertz CT molecular complexity index is 211. The zero-order chi connectivity index (χ0) is 14.1. The van der Waals surface area contributed by atoms with Crippen LogP contribution in [0, 0.1) is 0 Å². The van der Waals surface area contributed by atoms with Crippen molar-refractivity contribution >= 4 is 0 Å². The van der Waals surface area contributed by atoms with Crippen molar-refractivity contribution in [3.63, 3.8) is 0 Å². The van der Waals surface area contributed by atoms with E-state index < -0.39 is 0 Å². The van der Waals surface area contributed by atoms with Crippen LogP contribution in [0.3, 0.4) is 0 Å². The molecule has 114 valence electrons. The number of nitrogens with zero attached hydrogens (tertiary/aromatic N) is 1. The first-order valence-electron chi connectivity index (χ1n) is 8.35. The Kier molecular flexibility index (Phi) is 8.67. The van der Waals surface area contributed by atoms with Crippen LogP contribution in [0.15, 0.2) is 0 Å². The largest absolute Gasteiger partial charge is 0.377 e. The fourth-order valence-corrected chi connectivity index (χ4v) is 3.35. The van der Waals surface area contributed by atoms with Crippen molar-refractivity contribution in [1.82, 2.24) is 10.2 Å². The van der Waals surface area contributed by atoms with Gasteiger partial charge in [0.05, 0.1) is 6.10 Å². The van der Waals surface area contributed by atoms with Gasteiger partial charge >= 0.3 is 0 Å². The molecule has 3 nitrogen and oxygen atoms in total. The summed E-state index contributed by atoms with van der Waals surface area (Å²) < 4.78 is 5.82. The highest BCUT2D eigenvalue weighted by Crippen LogP contribution is 2.18. The summed E-state index contributed by atoms with van der Waals surface area (Å²) in [6.45, 7) is 13.4. The van der Waals surface area contributed by atoms with E-state index in [9.17, 15) is 0 Å². The molecule has 1 aliphatic heterocycles. The normalized spacial score (nSPS) is 22.9. The maximum Gasteiger partial charge on any atom is 0.0702 e. The zero-order valence-corrected chi connectivity index (χ0v) is 13.5. The van der Waals surface area contributed by atoms with Crippen LogP contribution in [0.1, 0.15) is 59.8 Å². The second-order valence-corrected chi connectivity index (χ2v) is 5.65. The molecule has 3 unspecified atom stereocenters. The third kappa shape index (κ3) is 5.41. The number of ether oxygens (including phenoxy) is 1. The Hall–Kier alpha value is -0.120. The second-order valence-electron chi connectivity index (χ2n) is 5.65. The minimum Gasteiger partial charge on any atom is -0.377 e. The van der Waals surface area contributed by atoms with E-state index in [1.54, 1.807) is 0 Å². The standard InChI is InChI=1S/C16H34N2O/c1-5-10-15(17-7-3)16(6-2)18(8-4)13-14-11-9-12-19-14/h14-17H,5-13H2,1-4H3. The van der Waals surface area contributed by atoms with Crippen LogP contribution in [0.25, 0.3) is 0 Å². The Morgan fingerprint density at radius 3 is 2.53 bits per heavy atom. The van der Waals surface area contributed by atoms with Crippen LogP contribution in [0.5, 0.6) is 0 Å². The maximum absolute atomic E-state index is 5.82. The predicted molar refractivity (Wildman–Crippen MR) is 82.7 cm³/mol. The van der Waals surface area contributed by atoms with Gasteiger partial charge in [-0.15, -0.1) is 0 Å². The average molecular weight is 270 g/mol. The molecule has 3 atom stereocenters. The molecule has 0 aromatic heterocycles. The van der Waals surface area contributed by atoms with E-state index in [0.29, 0.717) is 18.2 Å². The van der Waals surface area contributed by atoms with Gasteiger partial charge in [0.1, 0.15) is 0 Å². The van der Waals surface area contributed by atoms with Crippen molar-refractivity contribution in [2.24, 2.45) is 0 Å². The molecule has 19 heavy (non-hydrogen) atoms. The molecule has 1 fully saturated rings. The Morgan fingerprint density at radius 1 is 1.26 bits per heavy atom. The molecule has 1 aliphatic rings. The summed E-state index contributed by atoms with van der Waals surface area (Å²) in [6.07, 6.45) is 6.70. The summed E-state index contributed by atoms with van der Waals surface area (Å²) in [5.74, 6) is 0. The first kappa shape index (κ1) is 16.9. The lowest BCUT2D eigenvalue weighted by atomic mass is 9.98. The van der Waals surface area contributed by atoms with Crippen LogP contribution < -0.4 is 5.32 Å². The van der Waals surface area contributed by atoms with Gasteiger partial charge in [0.15, 0.2) is 0 Å². The summed E-state index contributed by atoms with van der Waals surface area (Å²) in [5, 5.41) is 3.69. The molecule has 0 saturated carbocycles. The molecule has 1 rings (SSSR count). The van der Waals surface area contributed by atoms with E-state index >= 15 is 0 Å². The SMILES string of the molecule is CCCC(NCC)C(CC)N(CC)CC1CCCO1.